The van der Waals surface area contributed by atoms with Crippen molar-refractivity contribution in [3.05, 3.63) is 29.8 Å². The van der Waals surface area contributed by atoms with Crippen LogP contribution in [-0.4, -0.2) is 29.4 Å². The second kappa shape index (κ2) is 6.62. The van der Waals surface area contributed by atoms with E-state index in [9.17, 15) is 14.9 Å². The van der Waals surface area contributed by atoms with Gasteiger partial charge in [-0.2, -0.15) is 5.26 Å². The normalized spacial score (nSPS) is 35.6. The lowest BCUT2D eigenvalue weighted by Crippen LogP contribution is -2.56. The molecule has 4 saturated carbocycles. The molecule has 4 aliphatic carbocycles. The third kappa shape index (κ3) is 2.82. The minimum atomic E-state index is -0.521. The summed E-state index contributed by atoms with van der Waals surface area (Å²) in [5.41, 5.74) is 0.107. The van der Waals surface area contributed by atoms with Crippen molar-refractivity contribution in [2.75, 3.05) is 6.54 Å². The van der Waals surface area contributed by atoms with Crippen molar-refractivity contribution in [1.82, 2.24) is 4.90 Å². The van der Waals surface area contributed by atoms with Gasteiger partial charge in [-0.3, -0.25) is 4.79 Å². The Morgan fingerprint density at radius 2 is 1.71 bits per heavy atom. The molecule has 1 saturated heterocycles. The van der Waals surface area contributed by atoms with Gasteiger partial charge in [-0.1, -0.05) is 12.1 Å². The highest BCUT2D eigenvalue weighted by Crippen LogP contribution is 2.60. The number of benzene rings is 1. The Morgan fingerprint density at radius 1 is 1.07 bits per heavy atom. The molecule has 1 aromatic rings. The molecule has 1 atom stereocenters. The minimum Gasteiger partial charge on any atom is -0.424 e. The second-order valence-corrected chi connectivity index (χ2v) is 9.38. The first-order valence-corrected chi connectivity index (χ1v) is 10.6. The molecule has 0 N–H and O–H groups in total. The first-order valence-electron chi connectivity index (χ1n) is 10.6. The first kappa shape index (κ1) is 17.7. The van der Waals surface area contributed by atoms with Gasteiger partial charge in [0.05, 0.1) is 11.0 Å². The van der Waals surface area contributed by atoms with E-state index in [0.29, 0.717) is 36.3 Å². The van der Waals surface area contributed by atoms with Gasteiger partial charge >= 0.3 is 5.97 Å². The van der Waals surface area contributed by atoms with Crippen LogP contribution in [0.4, 0.5) is 0 Å². The maximum atomic E-state index is 13.7. The van der Waals surface area contributed by atoms with Crippen molar-refractivity contribution >= 4 is 11.9 Å². The van der Waals surface area contributed by atoms with Crippen LogP contribution in [0, 0.1) is 34.5 Å². The zero-order chi connectivity index (χ0) is 19.3. The number of carbonyl (C=O) groups is 2. The van der Waals surface area contributed by atoms with E-state index in [2.05, 4.69) is 6.07 Å². The van der Waals surface area contributed by atoms with E-state index in [-0.39, 0.29) is 17.1 Å². The number of nitrogens with zero attached hydrogens (tertiary/aromatic N) is 2. The molecular weight excluding hydrogens is 352 g/mol. The maximum absolute atomic E-state index is 13.7. The van der Waals surface area contributed by atoms with Gasteiger partial charge in [-0.05, 0) is 81.3 Å². The topological polar surface area (TPSA) is 70.4 Å². The summed E-state index contributed by atoms with van der Waals surface area (Å²) in [6.45, 7) is 0.639. The minimum absolute atomic E-state index is 0.194. The zero-order valence-corrected chi connectivity index (χ0v) is 16.1. The summed E-state index contributed by atoms with van der Waals surface area (Å²) in [7, 11) is 0. The van der Waals surface area contributed by atoms with E-state index < -0.39 is 12.0 Å². The molecule has 5 heteroatoms. The molecule has 1 amide bonds. The number of esters is 1. The summed E-state index contributed by atoms with van der Waals surface area (Å²) in [4.78, 5) is 28.4. The fourth-order valence-electron chi connectivity index (χ4n) is 6.76. The van der Waals surface area contributed by atoms with Crippen LogP contribution in [0.3, 0.4) is 0 Å². The van der Waals surface area contributed by atoms with Crippen LogP contribution in [0.5, 0.6) is 5.75 Å². The van der Waals surface area contributed by atoms with Crippen LogP contribution in [0.25, 0.3) is 0 Å². The van der Waals surface area contributed by atoms with Crippen molar-refractivity contribution in [1.29, 1.82) is 5.26 Å². The molecule has 0 aromatic heterocycles. The van der Waals surface area contributed by atoms with Crippen molar-refractivity contribution in [3.63, 3.8) is 0 Å². The number of ether oxygens (including phenoxy) is 1. The van der Waals surface area contributed by atoms with Gasteiger partial charge in [0.25, 0.3) is 0 Å². The molecule has 5 fully saturated rings. The lowest BCUT2D eigenvalue weighted by Gasteiger charge is -2.56. The van der Waals surface area contributed by atoms with Gasteiger partial charge < -0.3 is 9.64 Å². The van der Waals surface area contributed by atoms with Crippen molar-refractivity contribution in [2.45, 2.75) is 57.4 Å². The predicted molar refractivity (Wildman–Crippen MR) is 102 cm³/mol. The van der Waals surface area contributed by atoms with Gasteiger partial charge in [-0.15, -0.1) is 0 Å². The number of hydrogen-bond donors (Lipinski definition) is 0. The smallest absolute Gasteiger partial charge is 0.334 e. The summed E-state index contributed by atoms with van der Waals surface area (Å²) in [6, 6.07) is 8.30. The third-order valence-electron chi connectivity index (χ3n) is 7.50. The Morgan fingerprint density at radius 3 is 2.36 bits per heavy atom. The summed E-state index contributed by atoms with van der Waals surface area (Å²) in [6.07, 6.45) is 8.38. The van der Waals surface area contributed by atoms with Gasteiger partial charge in [0.2, 0.25) is 5.91 Å². The van der Waals surface area contributed by atoms with Gasteiger partial charge in [0, 0.05) is 6.54 Å². The van der Waals surface area contributed by atoms with E-state index >= 15 is 0 Å². The number of nitriles is 1. The van der Waals surface area contributed by atoms with Crippen molar-refractivity contribution in [2.24, 2.45) is 23.2 Å². The van der Waals surface area contributed by atoms with Gasteiger partial charge in [-0.25, -0.2) is 4.79 Å². The molecule has 146 valence electrons. The predicted octanol–water partition coefficient (Wildman–Crippen LogP) is 3.67. The highest BCUT2D eigenvalue weighted by molar-refractivity contribution is 5.89. The Balaban J connectivity index is 1.35. The van der Waals surface area contributed by atoms with Crippen molar-refractivity contribution < 1.29 is 14.3 Å². The third-order valence-corrected chi connectivity index (χ3v) is 7.50. The highest BCUT2D eigenvalue weighted by Gasteiger charge is 2.57. The summed E-state index contributed by atoms with van der Waals surface area (Å²) in [5, 5.41) is 9.23. The Bertz CT molecular complexity index is 820. The summed E-state index contributed by atoms with van der Waals surface area (Å²) >= 11 is 0. The molecule has 5 nitrogen and oxygen atoms in total. The molecule has 1 unspecified atom stereocenters. The summed E-state index contributed by atoms with van der Waals surface area (Å²) in [5.74, 6) is 2.17. The zero-order valence-electron chi connectivity index (χ0n) is 16.1. The molecule has 1 aromatic carbocycles. The average molecular weight is 378 g/mol. The molecule has 6 rings (SSSR count). The molecule has 1 aliphatic heterocycles. The lowest BCUT2D eigenvalue weighted by atomic mass is 9.49. The maximum Gasteiger partial charge on any atom is 0.334 e. The highest BCUT2D eigenvalue weighted by atomic mass is 16.5. The van der Waals surface area contributed by atoms with Crippen LogP contribution in [0.1, 0.15) is 56.9 Å². The van der Waals surface area contributed by atoms with E-state index in [4.69, 9.17) is 4.74 Å². The molecule has 0 spiro atoms. The number of likely N-dealkylation sites (tertiary alicyclic amines) is 1. The number of amides is 1. The second-order valence-electron chi connectivity index (χ2n) is 9.38. The van der Waals surface area contributed by atoms with E-state index in [1.807, 2.05) is 4.90 Å². The molecule has 0 radical (unpaired) electrons. The van der Waals surface area contributed by atoms with Crippen LogP contribution >= 0.6 is 0 Å². The number of hydrogen-bond acceptors (Lipinski definition) is 4. The fraction of sp³-hybridized carbons (Fsp3) is 0.609. The van der Waals surface area contributed by atoms with Gasteiger partial charge in [0.1, 0.15) is 17.9 Å². The van der Waals surface area contributed by atoms with Gasteiger partial charge in [0.15, 0.2) is 0 Å². The fourth-order valence-corrected chi connectivity index (χ4v) is 6.76. The molecular formula is C23H26N2O3. The SMILES string of the molecule is N#Cc1ccccc1OC(=O)C1CCCN1C(=O)C12CC3CC(CC(C3)C1)C2. The Hall–Kier alpha value is -2.35. The van der Waals surface area contributed by atoms with E-state index in [1.54, 1.807) is 24.3 Å². The van der Waals surface area contributed by atoms with E-state index in [0.717, 1.165) is 25.7 Å². The molecule has 1 heterocycles. The number of rotatable bonds is 3. The lowest BCUT2D eigenvalue weighted by molar-refractivity contribution is -0.162. The number of para-hydroxylation sites is 1. The average Bonchev–Trinajstić information content (AvgIpc) is 3.16. The largest absolute Gasteiger partial charge is 0.424 e. The van der Waals surface area contributed by atoms with Crippen LogP contribution < -0.4 is 4.74 Å². The molecule has 28 heavy (non-hydrogen) atoms. The Kier molecular flexibility index (Phi) is 4.19. The van der Waals surface area contributed by atoms with Crippen LogP contribution in [-0.2, 0) is 9.59 Å². The summed E-state index contributed by atoms with van der Waals surface area (Å²) < 4.78 is 5.56. The van der Waals surface area contributed by atoms with Crippen LogP contribution in [0.2, 0.25) is 0 Å². The molecule has 4 bridgehead atoms. The standard InChI is InChI=1S/C23H26N2O3/c24-14-18-4-1-2-6-20(18)28-21(26)19-5-3-7-25(19)22(27)23-11-15-8-16(12-23)10-17(9-15)13-23/h1-2,4,6,15-17,19H,3,5,7-13H2. The Labute approximate surface area is 165 Å². The number of carbonyl (C=O) groups excluding carboxylic acids is 2. The monoisotopic (exact) mass is 378 g/mol. The van der Waals surface area contributed by atoms with E-state index in [1.165, 1.54) is 19.3 Å². The molecule has 5 aliphatic rings. The first-order chi connectivity index (χ1) is 13.6. The quantitative estimate of drug-likeness (QED) is 0.594. The van der Waals surface area contributed by atoms with Crippen molar-refractivity contribution in [3.8, 4) is 11.8 Å². The van der Waals surface area contributed by atoms with Crippen LogP contribution in [0.15, 0.2) is 24.3 Å².